The quantitative estimate of drug-likeness (QED) is 0.807. The highest BCUT2D eigenvalue weighted by molar-refractivity contribution is 7.15. The van der Waals surface area contributed by atoms with E-state index in [4.69, 9.17) is 0 Å². The minimum Gasteiger partial charge on any atom is -0.305 e. The highest BCUT2D eigenvalue weighted by atomic mass is 32.1. The molecule has 0 bridgehead atoms. The van der Waals surface area contributed by atoms with E-state index in [1.54, 1.807) is 6.07 Å². The Morgan fingerprint density at radius 1 is 1.38 bits per heavy atom. The number of hydrogen-bond donors (Lipinski definition) is 1. The van der Waals surface area contributed by atoms with Gasteiger partial charge in [-0.05, 0) is 32.4 Å². The molecule has 0 saturated heterocycles. The van der Waals surface area contributed by atoms with E-state index in [0.29, 0.717) is 16.3 Å². The summed E-state index contributed by atoms with van der Waals surface area (Å²) >= 11 is 1.39. The highest BCUT2D eigenvalue weighted by Gasteiger charge is 2.16. The summed E-state index contributed by atoms with van der Waals surface area (Å²) in [6.07, 6.45) is 2.66. The molecular weight excluding hydrogens is 286 g/mol. The molecule has 3 aromatic heterocycles. The number of rotatable bonds is 3. The second-order valence-electron chi connectivity index (χ2n) is 4.77. The van der Waals surface area contributed by atoms with Crippen LogP contribution in [-0.4, -0.2) is 25.5 Å². The minimum absolute atomic E-state index is 0.214. The van der Waals surface area contributed by atoms with E-state index in [1.807, 2.05) is 37.4 Å². The third-order valence-electron chi connectivity index (χ3n) is 3.17. The average Bonchev–Trinajstić information content (AvgIpc) is 3.04. The minimum atomic E-state index is -0.214. The molecule has 0 spiro atoms. The Kier molecular flexibility index (Phi) is 3.42. The Labute approximate surface area is 125 Å². The molecule has 3 aromatic rings. The van der Waals surface area contributed by atoms with Crippen LogP contribution in [0.1, 0.15) is 33.7 Å². The zero-order valence-electron chi connectivity index (χ0n) is 12.0. The van der Waals surface area contributed by atoms with Crippen LogP contribution in [0.3, 0.4) is 0 Å². The molecule has 108 valence electrons. The number of carbonyl (C=O) groups excluding carboxylic acids is 1. The van der Waals surface area contributed by atoms with Crippen molar-refractivity contribution >= 4 is 28.0 Å². The molecule has 1 amide bonds. The van der Waals surface area contributed by atoms with Crippen molar-refractivity contribution in [3.8, 4) is 0 Å². The number of nitrogens with zero attached hydrogens (tertiary/aromatic N) is 4. The van der Waals surface area contributed by atoms with Crippen molar-refractivity contribution in [1.29, 1.82) is 0 Å². The van der Waals surface area contributed by atoms with Crippen LogP contribution < -0.4 is 5.32 Å². The van der Waals surface area contributed by atoms with Gasteiger partial charge in [0.05, 0.1) is 5.56 Å². The lowest BCUT2D eigenvalue weighted by molar-refractivity contribution is 0.102. The maximum Gasteiger partial charge on any atom is 0.261 e. The molecule has 1 N–H and O–H groups in total. The van der Waals surface area contributed by atoms with Crippen molar-refractivity contribution < 1.29 is 4.79 Å². The van der Waals surface area contributed by atoms with Gasteiger partial charge in [-0.1, -0.05) is 18.3 Å². The Morgan fingerprint density at radius 2 is 2.19 bits per heavy atom. The predicted molar refractivity (Wildman–Crippen MR) is 81.9 cm³/mol. The van der Waals surface area contributed by atoms with E-state index in [9.17, 15) is 4.79 Å². The summed E-state index contributed by atoms with van der Waals surface area (Å²) in [5.41, 5.74) is 3.12. The fraction of sp³-hybridized carbons (Fsp3) is 0.286. The molecule has 7 heteroatoms. The van der Waals surface area contributed by atoms with Crippen molar-refractivity contribution in [2.24, 2.45) is 0 Å². The Morgan fingerprint density at radius 3 is 2.90 bits per heavy atom. The largest absolute Gasteiger partial charge is 0.305 e. The summed E-state index contributed by atoms with van der Waals surface area (Å²) in [7, 11) is 0. The monoisotopic (exact) mass is 301 g/mol. The lowest BCUT2D eigenvalue weighted by Gasteiger charge is -2.04. The highest BCUT2D eigenvalue weighted by Crippen LogP contribution is 2.19. The number of amides is 1. The van der Waals surface area contributed by atoms with Crippen LogP contribution in [0.25, 0.3) is 5.65 Å². The smallest absolute Gasteiger partial charge is 0.261 e. The molecule has 0 aliphatic carbocycles. The molecule has 0 aliphatic heterocycles. The lowest BCUT2D eigenvalue weighted by Crippen LogP contribution is -2.12. The van der Waals surface area contributed by atoms with Crippen LogP contribution in [0.15, 0.2) is 18.3 Å². The lowest BCUT2D eigenvalue weighted by atomic mass is 10.3. The van der Waals surface area contributed by atoms with Crippen molar-refractivity contribution in [2.45, 2.75) is 27.2 Å². The summed E-state index contributed by atoms with van der Waals surface area (Å²) < 4.78 is 1.90. The van der Waals surface area contributed by atoms with Gasteiger partial charge < -0.3 is 4.40 Å². The van der Waals surface area contributed by atoms with E-state index in [0.717, 1.165) is 22.8 Å². The number of aromatic nitrogens is 4. The van der Waals surface area contributed by atoms with Crippen molar-refractivity contribution in [2.75, 3.05) is 5.32 Å². The maximum absolute atomic E-state index is 12.4. The fourth-order valence-electron chi connectivity index (χ4n) is 2.18. The van der Waals surface area contributed by atoms with E-state index in [2.05, 4.69) is 20.5 Å². The molecule has 6 nitrogen and oxygen atoms in total. The van der Waals surface area contributed by atoms with Crippen LogP contribution in [-0.2, 0) is 6.42 Å². The molecule has 0 radical (unpaired) electrons. The first kappa shape index (κ1) is 13.7. The summed E-state index contributed by atoms with van der Waals surface area (Å²) in [6.45, 7) is 5.91. The van der Waals surface area contributed by atoms with Gasteiger partial charge in [0.1, 0.15) is 10.7 Å². The first-order valence-corrected chi connectivity index (χ1v) is 7.49. The molecule has 0 saturated carbocycles. The van der Waals surface area contributed by atoms with Crippen molar-refractivity contribution in [3.63, 3.8) is 0 Å². The zero-order valence-corrected chi connectivity index (χ0v) is 12.9. The second kappa shape index (κ2) is 5.25. The predicted octanol–water partition coefficient (Wildman–Crippen LogP) is 2.62. The van der Waals surface area contributed by atoms with Crippen LogP contribution in [0.2, 0.25) is 0 Å². The van der Waals surface area contributed by atoms with Gasteiger partial charge in [0.15, 0.2) is 0 Å². The SMILES string of the molecule is CCc1nnc(NC(=O)c2ccn3c(C)cc(C)nc23)s1. The van der Waals surface area contributed by atoms with Gasteiger partial charge in [-0.3, -0.25) is 10.1 Å². The molecule has 21 heavy (non-hydrogen) atoms. The first-order chi connectivity index (χ1) is 10.1. The summed E-state index contributed by atoms with van der Waals surface area (Å²) in [6, 6.07) is 3.75. The van der Waals surface area contributed by atoms with Crippen molar-refractivity contribution in [3.05, 3.63) is 40.3 Å². The maximum atomic E-state index is 12.4. The molecule has 0 unspecified atom stereocenters. The summed E-state index contributed by atoms with van der Waals surface area (Å²) in [5.74, 6) is -0.214. The van der Waals surface area contributed by atoms with Gasteiger partial charge in [-0.2, -0.15) is 0 Å². The average molecular weight is 301 g/mol. The Bertz CT molecular complexity index is 820. The van der Waals surface area contributed by atoms with Gasteiger partial charge >= 0.3 is 0 Å². The molecule has 0 aliphatic rings. The summed E-state index contributed by atoms with van der Waals surface area (Å²) in [4.78, 5) is 16.8. The van der Waals surface area contributed by atoms with Crippen LogP contribution in [0, 0.1) is 13.8 Å². The molecule has 0 atom stereocenters. The first-order valence-electron chi connectivity index (χ1n) is 6.67. The number of hydrogen-bond acceptors (Lipinski definition) is 5. The number of carbonyl (C=O) groups is 1. The molecule has 0 aromatic carbocycles. The molecular formula is C14H15N5OS. The van der Waals surface area contributed by atoms with Gasteiger partial charge in [-0.15, -0.1) is 10.2 Å². The number of nitrogens with one attached hydrogen (secondary N) is 1. The van der Waals surface area contributed by atoms with Gasteiger partial charge in [0, 0.05) is 17.6 Å². The van der Waals surface area contributed by atoms with E-state index in [-0.39, 0.29) is 5.91 Å². The topological polar surface area (TPSA) is 72.2 Å². The molecule has 3 heterocycles. The van der Waals surface area contributed by atoms with Gasteiger partial charge in [0.25, 0.3) is 5.91 Å². The standard InChI is InChI=1S/C14H15N5OS/c1-4-11-17-18-14(21-11)16-13(20)10-5-6-19-9(3)7-8(2)15-12(10)19/h5-7H,4H2,1-3H3,(H,16,18,20). The van der Waals surface area contributed by atoms with Crippen LogP contribution >= 0.6 is 11.3 Å². The van der Waals surface area contributed by atoms with E-state index < -0.39 is 0 Å². The summed E-state index contributed by atoms with van der Waals surface area (Å²) in [5, 5.41) is 12.2. The van der Waals surface area contributed by atoms with Crippen LogP contribution in [0.5, 0.6) is 0 Å². The fourth-order valence-corrected chi connectivity index (χ4v) is 2.86. The second-order valence-corrected chi connectivity index (χ2v) is 5.83. The Balaban J connectivity index is 1.94. The Hall–Kier alpha value is -2.28. The normalized spacial score (nSPS) is 11.0. The van der Waals surface area contributed by atoms with Crippen LogP contribution in [0.4, 0.5) is 5.13 Å². The van der Waals surface area contributed by atoms with Gasteiger partial charge in [-0.25, -0.2) is 4.98 Å². The number of anilines is 1. The molecule has 0 fully saturated rings. The number of aryl methyl sites for hydroxylation is 3. The number of fused-ring (bicyclic) bond motifs is 1. The van der Waals surface area contributed by atoms with E-state index >= 15 is 0 Å². The zero-order chi connectivity index (χ0) is 15.0. The van der Waals surface area contributed by atoms with Gasteiger partial charge in [0.2, 0.25) is 5.13 Å². The third kappa shape index (κ3) is 2.52. The third-order valence-corrected chi connectivity index (χ3v) is 4.16. The van der Waals surface area contributed by atoms with E-state index in [1.165, 1.54) is 11.3 Å². The van der Waals surface area contributed by atoms with Crippen molar-refractivity contribution in [1.82, 2.24) is 19.6 Å². The molecule has 3 rings (SSSR count).